The molecule has 3 rings (SSSR count). The number of pyridine rings is 1. The molecule has 0 saturated carbocycles. The van der Waals surface area contributed by atoms with E-state index in [1.54, 1.807) is 6.07 Å². The third-order valence-electron chi connectivity index (χ3n) is 4.20. The predicted molar refractivity (Wildman–Crippen MR) is 78.5 cm³/mol. The molecule has 8 heteroatoms. The molecule has 0 amide bonds. The SMILES string of the molecule is CN1CCC2OCCN(S(=O)(=O)c3cccnc3C#N)C2C1. The van der Waals surface area contributed by atoms with E-state index >= 15 is 0 Å². The van der Waals surface area contributed by atoms with Gasteiger partial charge in [-0.1, -0.05) is 0 Å². The number of fused-ring (bicyclic) bond motifs is 1. The molecule has 0 aromatic carbocycles. The molecule has 1 aromatic heterocycles. The van der Waals surface area contributed by atoms with Crippen molar-refractivity contribution in [3.05, 3.63) is 24.0 Å². The Labute approximate surface area is 130 Å². The smallest absolute Gasteiger partial charge is 0.246 e. The first kappa shape index (κ1) is 15.4. The quantitative estimate of drug-likeness (QED) is 0.764. The Morgan fingerprint density at radius 3 is 3.05 bits per heavy atom. The molecule has 0 aliphatic carbocycles. The highest BCUT2D eigenvalue weighted by Gasteiger charge is 2.42. The van der Waals surface area contributed by atoms with E-state index in [1.165, 1.54) is 16.6 Å². The lowest BCUT2D eigenvalue weighted by Crippen LogP contribution is -2.60. The zero-order valence-electron chi connectivity index (χ0n) is 12.3. The number of sulfonamides is 1. The average molecular weight is 322 g/mol. The molecule has 118 valence electrons. The number of aromatic nitrogens is 1. The zero-order valence-corrected chi connectivity index (χ0v) is 13.2. The van der Waals surface area contributed by atoms with Crippen LogP contribution >= 0.6 is 0 Å². The van der Waals surface area contributed by atoms with E-state index < -0.39 is 10.0 Å². The van der Waals surface area contributed by atoms with Crippen molar-refractivity contribution in [2.45, 2.75) is 23.5 Å². The molecule has 2 aliphatic rings. The molecular weight excluding hydrogens is 304 g/mol. The van der Waals surface area contributed by atoms with Crippen molar-refractivity contribution in [1.82, 2.24) is 14.2 Å². The van der Waals surface area contributed by atoms with Crippen LogP contribution < -0.4 is 0 Å². The molecule has 2 aliphatic heterocycles. The van der Waals surface area contributed by atoms with Crippen LogP contribution in [-0.2, 0) is 14.8 Å². The van der Waals surface area contributed by atoms with Gasteiger partial charge in [0.1, 0.15) is 11.0 Å². The van der Waals surface area contributed by atoms with Gasteiger partial charge in [0.25, 0.3) is 0 Å². The maximum Gasteiger partial charge on any atom is 0.246 e. The fourth-order valence-corrected chi connectivity index (χ4v) is 4.83. The number of likely N-dealkylation sites (N-methyl/N-ethyl adjacent to an activating group) is 1. The summed E-state index contributed by atoms with van der Waals surface area (Å²) in [7, 11) is -1.78. The second-order valence-electron chi connectivity index (χ2n) is 5.61. The first-order valence-corrected chi connectivity index (χ1v) is 8.65. The lowest BCUT2D eigenvalue weighted by molar-refractivity contribution is -0.0719. The van der Waals surface area contributed by atoms with Gasteiger partial charge in [-0.15, -0.1) is 0 Å². The number of morpholine rings is 1. The fourth-order valence-electron chi connectivity index (χ4n) is 3.11. The van der Waals surface area contributed by atoms with Crippen LogP contribution in [0, 0.1) is 11.3 Å². The van der Waals surface area contributed by atoms with Gasteiger partial charge in [-0.2, -0.15) is 9.57 Å². The van der Waals surface area contributed by atoms with Crippen molar-refractivity contribution < 1.29 is 13.2 Å². The van der Waals surface area contributed by atoms with Gasteiger partial charge in [0.2, 0.25) is 10.0 Å². The molecule has 7 nitrogen and oxygen atoms in total. The van der Waals surface area contributed by atoms with E-state index in [0.717, 1.165) is 13.0 Å². The monoisotopic (exact) mass is 322 g/mol. The average Bonchev–Trinajstić information content (AvgIpc) is 2.54. The fraction of sp³-hybridized carbons (Fsp3) is 0.571. The van der Waals surface area contributed by atoms with Gasteiger partial charge >= 0.3 is 0 Å². The molecule has 2 fully saturated rings. The van der Waals surface area contributed by atoms with Crippen molar-refractivity contribution >= 4 is 10.0 Å². The summed E-state index contributed by atoms with van der Waals surface area (Å²) in [5.41, 5.74) is -0.0605. The standard InChI is InChI=1S/C14H18N4O3S/c1-17-6-4-13-12(10-17)18(7-8-21-13)22(19,20)14-3-2-5-16-11(14)9-15/h2-3,5,12-13H,4,6-8,10H2,1H3. The van der Waals surface area contributed by atoms with E-state index in [2.05, 4.69) is 9.88 Å². The number of piperidine rings is 1. The summed E-state index contributed by atoms with van der Waals surface area (Å²) in [6.07, 6.45) is 2.15. The molecular formula is C14H18N4O3S. The van der Waals surface area contributed by atoms with Gasteiger partial charge in [0.15, 0.2) is 5.69 Å². The number of rotatable bonds is 2. The Hall–Kier alpha value is -1.53. The van der Waals surface area contributed by atoms with Crippen LogP contribution in [0.15, 0.2) is 23.2 Å². The molecule has 0 bridgehead atoms. The van der Waals surface area contributed by atoms with E-state index in [9.17, 15) is 8.42 Å². The molecule has 0 radical (unpaired) electrons. The molecule has 3 heterocycles. The van der Waals surface area contributed by atoms with Crippen molar-refractivity contribution in [2.24, 2.45) is 0 Å². The topological polar surface area (TPSA) is 86.5 Å². The number of hydrogen-bond donors (Lipinski definition) is 0. The predicted octanol–water partition coefficient (Wildman–Crippen LogP) is 0.0469. The van der Waals surface area contributed by atoms with Crippen LogP contribution in [0.2, 0.25) is 0 Å². The number of nitriles is 1. The van der Waals surface area contributed by atoms with Gasteiger partial charge in [-0.05, 0) is 25.6 Å². The Bertz CT molecular complexity index is 700. The normalized spacial score (nSPS) is 27.1. The summed E-state index contributed by atoms with van der Waals surface area (Å²) in [6, 6.07) is 4.63. The highest BCUT2D eigenvalue weighted by molar-refractivity contribution is 7.89. The van der Waals surface area contributed by atoms with E-state index in [4.69, 9.17) is 10.00 Å². The minimum absolute atomic E-state index is 0.0219. The van der Waals surface area contributed by atoms with Gasteiger partial charge in [0, 0.05) is 25.8 Å². The second kappa shape index (κ2) is 5.93. The molecule has 22 heavy (non-hydrogen) atoms. The summed E-state index contributed by atoms with van der Waals surface area (Å²) in [5.74, 6) is 0. The van der Waals surface area contributed by atoms with Gasteiger partial charge < -0.3 is 9.64 Å². The number of ether oxygens (including phenoxy) is 1. The van der Waals surface area contributed by atoms with E-state index in [0.29, 0.717) is 19.7 Å². The second-order valence-corrected chi connectivity index (χ2v) is 7.46. The Balaban J connectivity index is 1.99. The number of nitrogens with zero attached hydrogens (tertiary/aromatic N) is 4. The van der Waals surface area contributed by atoms with Crippen LogP contribution in [-0.4, -0.2) is 68.0 Å². The van der Waals surface area contributed by atoms with Crippen LogP contribution in [0.1, 0.15) is 12.1 Å². The lowest BCUT2D eigenvalue weighted by atomic mass is 10.0. The maximum absolute atomic E-state index is 13.0. The minimum Gasteiger partial charge on any atom is -0.375 e. The number of likely N-dealkylation sites (tertiary alicyclic amines) is 1. The van der Waals surface area contributed by atoms with Crippen LogP contribution in [0.5, 0.6) is 0 Å². The van der Waals surface area contributed by atoms with Crippen molar-refractivity contribution in [3.63, 3.8) is 0 Å². The Morgan fingerprint density at radius 1 is 1.45 bits per heavy atom. The molecule has 0 spiro atoms. The van der Waals surface area contributed by atoms with Crippen LogP contribution in [0.4, 0.5) is 0 Å². The summed E-state index contributed by atoms with van der Waals surface area (Å²) in [6.45, 7) is 2.21. The molecule has 0 N–H and O–H groups in total. The van der Waals surface area contributed by atoms with Crippen LogP contribution in [0.3, 0.4) is 0 Å². The van der Waals surface area contributed by atoms with Crippen molar-refractivity contribution in [2.75, 3.05) is 33.3 Å². The van der Waals surface area contributed by atoms with Gasteiger partial charge in [0.05, 0.1) is 18.8 Å². The summed E-state index contributed by atoms with van der Waals surface area (Å²) < 4.78 is 33.2. The molecule has 1 aromatic rings. The van der Waals surface area contributed by atoms with E-state index in [-0.39, 0.29) is 22.7 Å². The van der Waals surface area contributed by atoms with Crippen molar-refractivity contribution in [3.8, 4) is 6.07 Å². The van der Waals surface area contributed by atoms with E-state index in [1.807, 2.05) is 13.1 Å². The third-order valence-corrected chi connectivity index (χ3v) is 6.16. The largest absolute Gasteiger partial charge is 0.375 e. The Morgan fingerprint density at radius 2 is 2.27 bits per heavy atom. The highest BCUT2D eigenvalue weighted by Crippen LogP contribution is 2.28. The highest BCUT2D eigenvalue weighted by atomic mass is 32.2. The van der Waals surface area contributed by atoms with Gasteiger partial charge in [-0.3, -0.25) is 0 Å². The molecule has 2 atom stereocenters. The first-order chi connectivity index (χ1) is 10.5. The Kier molecular flexibility index (Phi) is 4.14. The first-order valence-electron chi connectivity index (χ1n) is 7.21. The lowest BCUT2D eigenvalue weighted by Gasteiger charge is -2.45. The summed E-state index contributed by atoms with van der Waals surface area (Å²) in [4.78, 5) is 5.95. The van der Waals surface area contributed by atoms with Crippen LogP contribution in [0.25, 0.3) is 0 Å². The third kappa shape index (κ3) is 2.61. The summed E-state index contributed by atoms with van der Waals surface area (Å²) >= 11 is 0. The summed E-state index contributed by atoms with van der Waals surface area (Å²) in [5, 5.41) is 9.13. The maximum atomic E-state index is 13.0. The molecule has 2 saturated heterocycles. The van der Waals surface area contributed by atoms with Crippen molar-refractivity contribution in [1.29, 1.82) is 5.26 Å². The number of hydrogen-bond acceptors (Lipinski definition) is 6. The zero-order chi connectivity index (χ0) is 15.7. The molecule has 2 unspecified atom stereocenters. The van der Waals surface area contributed by atoms with Gasteiger partial charge in [-0.25, -0.2) is 13.4 Å². The minimum atomic E-state index is -3.76.